The van der Waals surface area contributed by atoms with Crippen molar-refractivity contribution in [2.45, 2.75) is 424 Å². The van der Waals surface area contributed by atoms with Gasteiger partial charge in [0.1, 0.15) is 0 Å². The molecule has 0 heterocycles. The third-order valence-corrected chi connectivity index (χ3v) is 17.1. The predicted octanol–water partition coefficient (Wildman–Crippen LogP) is 23.1. The highest BCUT2D eigenvalue weighted by atomic mass is 16.5. The van der Waals surface area contributed by atoms with Crippen molar-refractivity contribution in [1.82, 2.24) is 5.32 Å². The summed E-state index contributed by atoms with van der Waals surface area (Å²) >= 11 is 0. The van der Waals surface area contributed by atoms with E-state index in [2.05, 4.69) is 31.3 Å². The topological polar surface area (TPSA) is 95.9 Å². The van der Waals surface area contributed by atoms with E-state index in [1.807, 2.05) is 0 Å². The van der Waals surface area contributed by atoms with Gasteiger partial charge in [0.2, 0.25) is 5.91 Å². The number of rotatable bonds is 68. The summed E-state index contributed by atoms with van der Waals surface area (Å²) in [6, 6.07) is -0.538. The minimum atomic E-state index is -0.661. The number of esters is 1. The minimum Gasteiger partial charge on any atom is -0.466 e. The smallest absolute Gasteiger partial charge is 0.305 e. The summed E-state index contributed by atoms with van der Waals surface area (Å²) in [6.45, 7) is 4.97. The van der Waals surface area contributed by atoms with Gasteiger partial charge < -0.3 is 20.3 Å². The van der Waals surface area contributed by atoms with Gasteiger partial charge in [-0.2, -0.15) is 0 Å². The molecule has 0 aromatic heterocycles. The lowest BCUT2D eigenvalue weighted by molar-refractivity contribution is -0.143. The number of aliphatic hydroxyl groups excluding tert-OH is 2. The van der Waals surface area contributed by atoms with Crippen LogP contribution >= 0.6 is 0 Å². The molecule has 0 saturated heterocycles. The van der Waals surface area contributed by atoms with Crippen molar-refractivity contribution in [3.05, 3.63) is 12.2 Å². The van der Waals surface area contributed by atoms with Gasteiger partial charge in [-0.25, -0.2) is 0 Å². The van der Waals surface area contributed by atoms with Crippen molar-refractivity contribution in [3.8, 4) is 0 Å². The monoisotopic (exact) mass is 1100 g/mol. The van der Waals surface area contributed by atoms with Crippen LogP contribution in [0.4, 0.5) is 0 Å². The first-order valence-electron chi connectivity index (χ1n) is 35.9. The molecule has 0 bridgehead atoms. The summed E-state index contributed by atoms with van der Waals surface area (Å²) < 4.78 is 5.48. The first-order valence-corrected chi connectivity index (χ1v) is 35.9. The summed E-state index contributed by atoms with van der Waals surface area (Å²) in [5.41, 5.74) is 0. The van der Waals surface area contributed by atoms with Crippen molar-refractivity contribution in [2.24, 2.45) is 0 Å². The number of allylic oxidation sites excluding steroid dienone is 2. The zero-order chi connectivity index (χ0) is 56.4. The van der Waals surface area contributed by atoms with E-state index in [0.29, 0.717) is 25.9 Å². The van der Waals surface area contributed by atoms with Crippen molar-refractivity contribution in [2.75, 3.05) is 13.2 Å². The number of hydrogen-bond acceptors (Lipinski definition) is 5. The van der Waals surface area contributed by atoms with Gasteiger partial charge in [0.05, 0.1) is 25.4 Å². The lowest BCUT2D eigenvalue weighted by Gasteiger charge is -2.22. The maximum atomic E-state index is 12.5. The second-order valence-electron chi connectivity index (χ2n) is 24.9. The molecule has 3 N–H and O–H groups in total. The molecule has 78 heavy (non-hydrogen) atoms. The third kappa shape index (κ3) is 63.8. The van der Waals surface area contributed by atoms with Crippen LogP contribution in [-0.2, 0) is 14.3 Å². The van der Waals surface area contributed by atoms with Crippen LogP contribution < -0.4 is 5.32 Å². The highest BCUT2D eigenvalue weighted by molar-refractivity contribution is 5.76. The minimum absolute atomic E-state index is 0.0109. The zero-order valence-corrected chi connectivity index (χ0v) is 53.2. The summed E-state index contributed by atoms with van der Waals surface area (Å²) in [6.07, 6.45) is 84.1. The van der Waals surface area contributed by atoms with Crippen LogP contribution in [0, 0.1) is 0 Å². The van der Waals surface area contributed by atoms with Gasteiger partial charge in [0.15, 0.2) is 0 Å². The Bertz CT molecular complexity index is 1180. The molecule has 2 unspecified atom stereocenters. The Labute approximate surface area is 489 Å². The van der Waals surface area contributed by atoms with E-state index >= 15 is 0 Å². The Morgan fingerprint density at radius 1 is 0.346 bits per heavy atom. The SMILES string of the molecule is CCCCC/C=C\CCCCCCCC(=O)OCCCCCCCCCCCCCCCCCCCCCCCCCCCCCCCCC(=O)NC(CO)C(O)CCCCCCCCCCCCCCCCCCCCC. The summed E-state index contributed by atoms with van der Waals surface area (Å²) in [5.74, 6) is -0.0156. The Hall–Kier alpha value is -1.40. The Morgan fingerprint density at radius 2 is 0.603 bits per heavy atom. The molecule has 0 rings (SSSR count). The highest BCUT2D eigenvalue weighted by Crippen LogP contribution is 2.20. The average molecular weight is 1100 g/mol. The van der Waals surface area contributed by atoms with Crippen LogP contribution in [0.1, 0.15) is 412 Å². The molecule has 464 valence electrons. The van der Waals surface area contributed by atoms with Crippen LogP contribution in [-0.4, -0.2) is 47.4 Å². The van der Waals surface area contributed by atoms with E-state index in [0.717, 1.165) is 44.9 Å². The van der Waals surface area contributed by atoms with E-state index in [1.165, 1.54) is 334 Å². The molecule has 6 nitrogen and oxygen atoms in total. The number of amides is 1. The van der Waals surface area contributed by atoms with E-state index in [9.17, 15) is 19.8 Å². The highest BCUT2D eigenvalue weighted by Gasteiger charge is 2.20. The molecule has 2 atom stereocenters. The van der Waals surface area contributed by atoms with Gasteiger partial charge in [-0.1, -0.05) is 360 Å². The van der Waals surface area contributed by atoms with Crippen molar-refractivity contribution in [3.63, 3.8) is 0 Å². The number of ether oxygens (including phenoxy) is 1. The quantitative estimate of drug-likeness (QED) is 0.0320. The summed E-state index contributed by atoms with van der Waals surface area (Å²) in [5, 5.41) is 23.4. The normalized spacial score (nSPS) is 12.5. The van der Waals surface area contributed by atoms with Crippen molar-refractivity contribution >= 4 is 11.9 Å². The second kappa shape index (κ2) is 68.1. The van der Waals surface area contributed by atoms with Gasteiger partial charge in [-0.15, -0.1) is 0 Å². The molecule has 0 radical (unpaired) electrons. The second-order valence-corrected chi connectivity index (χ2v) is 24.9. The lowest BCUT2D eigenvalue weighted by Crippen LogP contribution is -2.45. The first kappa shape index (κ1) is 76.6. The molecule has 0 fully saturated rings. The number of nitrogens with one attached hydrogen (secondary N) is 1. The molecule has 0 aliphatic heterocycles. The van der Waals surface area contributed by atoms with Gasteiger partial charge in [0.25, 0.3) is 0 Å². The molecule has 0 aliphatic carbocycles. The molecule has 0 aliphatic rings. The molecule has 0 spiro atoms. The molecule has 0 aromatic carbocycles. The number of hydrogen-bond donors (Lipinski definition) is 3. The fourth-order valence-corrected chi connectivity index (χ4v) is 11.6. The number of aliphatic hydroxyl groups is 2. The summed E-state index contributed by atoms with van der Waals surface area (Å²) in [4.78, 5) is 24.6. The Balaban J connectivity index is 3.33. The zero-order valence-electron chi connectivity index (χ0n) is 53.2. The number of carbonyl (C=O) groups excluding carboxylic acids is 2. The van der Waals surface area contributed by atoms with Crippen molar-refractivity contribution < 1.29 is 24.5 Å². The van der Waals surface area contributed by atoms with Gasteiger partial charge in [-0.05, 0) is 51.4 Å². The number of carbonyl (C=O) groups is 2. The maximum Gasteiger partial charge on any atom is 0.305 e. The third-order valence-electron chi connectivity index (χ3n) is 17.1. The van der Waals surface area contributed by atoms with Crippen LogP contribution in [0.15, 0.2) is 12.2 Å². The Kier molecular flexibility index (Phi) is 66.9. The van der Waals surface area contributed by atoms with Crippen molar-refractivity contribution in [1.29, 1.82) is 0 Å². The molecule has 1 amide bonds. The largest absolute Gasteiger partial charge is 0.466 e. The molecular formula is C72H141NO5. The van der Waals surface area contributed by atoms with E-state index < -0.39 is 12.1 Å². The van der Waals surface area contributed by atoms with Gasteiger partial charge in [-0.3, -0.25) is 9.59 Å². The molecular weight excluding hydrogens is 959 g/mol. The van der Waals surface area contributed by atoms with E-state index in [4.69, 9.17) is 4.74 Å². The standard InChI is InChI=1S/C72H141NO5/c1-3-5-7-9-11-13-15-17-18-19-32-35-38-41-44-48-52-56-60-64-70(75)69(68-74)73-71(76)65-61-57-53-49-45-42-39-36-33-30-28-26-24-22-20-21-23-25-27-29-31-34-37-40-43-47-51-55-59-63-67-78-72(77)66-62-58-54-50-46-16-14-12-10-8-6-4-2/h12,14,69-70,74-75H,3-11,13,15-68H2,1-2H3,(H,73,76)/b14-12-. The van der Waals surface area contributed by atoms with Crippen LogP contribution in [0.2, 0.25) is 0 Å². The molecule has 0 saturated carbocycles. The van der Waals surface area contributed by atoms with E-state index in [-0.39, 0.29) is 18.5 Å². The Morgan fingerprint density at radius 3 is 0.936 bits per heavy atom. The fourth-order valence-electron chi connectivity index (χ4n) is 11.6. The first-order chi connectivity index (χ1) is 38.5. The van der Waals surface area contributed by atoms with E-state index in [1.54, 1.807) is 0 Å². The van der Waals surface area contributed by atoms with Crippen LogP contribution in [0.25, 0.3) is 0 Å². The fraction of sp³-hybridized carbons (Fsp3) is 0.944. The van der Waals surface area contributed by atoms with Crippen LogP contribution in [0.3, 0.4) is 0 Å². The van der Waals surface area contributed by atoms with Gasteiger partial charge in [0, 0.05) is 12.8 Å². The maximum absolute atomic E-state index is 12.5. The van der Waals surface area contributed by atoms with Crippen LogP contribution in [0.5, 0.6) is 0 Å². The predicted molar refractivity (Wildman–Crippen MR) is 343 cm³/mol. The lowest BCUT2D eigenvalue weighted by atomic mass is 10.0. The summed E-state index contributed by atoms with van der Waals surface area (Å²) in [7, 11) is 0. The molecule has 6 heteroatoms. The number of unbranched alkanes of at least 4 members (excludes halogenated alkanes) is 55. The van der Waals surface area contributed by atoms with Gasteiger partial charge >= 0.3 is 5.97 Å². The molecule has 0 aromatic rings. The average Bonchev–Trinajstić information content (AvgIpc) is 3.44.